The Balaban J connectivity index is 1.80. The molecule has 1 aliphatic carbocycles. The lowest BCUT2D eigenvalue weighted by Crippen LogP contribution is -2.30. The zero-order chi connectivity index (χ0) is 18.9. The highest BCUT2D eigenvalue weighted by Gasteiger charge is 2.60. The molecule has 1 unspecified atom stereocenters. The predicted octanol–water partition coefficient (Wildman–Crippen LogP) is 0.442. The fraction of sp³-hybridized carbons (Fsp3) is 0.308. The van der Waals surface area contributed by atoms with E-state index in [-0.39, 0.29) is 5.39 Å². The standard InChI is InChI=1S/C13H9F3N4O5S/c14-9-10-5(3-17-12(18-10)25-7-2-13(7,15)16)1-6(21)11(9)20-4-8(22)19-26(20,23)24/h1,3,7,21H,2,4H2,(H,19,22). The van der Waals surface area contributed by atoms with Gasteiger partial charge in [-0.05, 0) is 6.07 Å². The lowest BCUT2D eigenvalue weighted by Gasteiger charge is -2.17. The molecule has 4 rings (SSSR count). The van der Waals surface area contributed by atoms with Crippen LogP contribution in [0.1, 0.15) is 6.42 Å². The van der Waals surface area contributed by atoms with Crippen molar-refractivity contribution in [3.63, 3.8) is 0 Å². The maximum atomic E-state index is 14.8. The van der Waals surface area contributed by atoms with Crippen molar-refractivity contribution in [2.75, 3.05) is 10.8 Å². The zero-order valence-electron chi connectivity index (χ0n) is 12.6. The second-order valence-corrected chi connectivity index (χ2v) is 7.35. The van der Waals surface area contributed by atoms with E-state index in [4.69, 9.17) is 4.74 Å². The first kappa shape index (κ1) is 16.6. The molecular formula is C13H9F3N4O5S. The number of carbonyl (C=O) groups is 1. The van der Waals surface area contributed by atoms with Crippen LogP contribution in [0, 0.1) is 5.82 Å². The Hall–Kier alpha value is -2.83. The number of phenolic OH excluding ortho intramolecular Hbond substituents is 1. The number of anilines is 1. The van der Waals surface area contributed by atoms with Gasteiger partial charge in [-0.1, -0.05) is 0 Å². The number of aromatic nitrogens is 2. The number of carbonyl (C=O) groups excluding carboxylic acids is 1. The summed E-state index contributed by atoms with van der Waals surface area (Å²) >= 11 is 0. The molecule has 2 heterocycles. The van der Waals surface area contributed by atoms with E-state index in [0.717, 1.165) is 12.3 Å². The molecule has 1 aromatic heterocycles. The van der Waals surface area contributed by atoms with Gasteiger partial charge >= 0.3 is 16.2 Å². The second kappa shape index (κ2) is 5.09. The van der Waals surface area contributed by atoms with Crippen LogP contribution in [0.3, 0.4) is 0 Å². The Morgan fingerprint density at radius 1 is 1.42 bits per heavy atom. The maximum absolute atomic E-state index is 14.8. The number of rotatable bonds is 3. The SMILES string of the molecule is O=C1CN(c2c(O)cc3cnc(OC4CC4(F)F)nc3c2F)S(=O)(=O)N1. The molecule has 1 saturated carbocycles. The minimum absolute atomic E-state index is 0.0189. The average Bonchev–Trinajstić information content (AvgIpc) is 3.02. The number of hydrogen-bond acceptors (Lipinski definition) is 7. The van der Waals surface area contributed by atoms with Crippen molar-refractivity contribution >= 4 is 32.7 Å². The van der Waals surface area contributed by atoms with Crippen molar-refractivity contribution < 1.29 is 36.2 Å². The molecule has 138 valence electrons. The first-order valence-electron chi connectivity index (χ1n) is 7.14. The minimum atomic E-state index is -4.38. The van der Waals surface area contributed by atoms with Gasteiger partial charge in [0.15, 0.2) is 11.9 Å². The zero-order valence-corrected chi connectivity index (χ0v) is 13.4. The summed E-state index contributed by atoms with van der Waals surface area (Å²) in [4.78, 5) is 18.7. The molecule has 1 aliphatic heterocycles. The minimum Gasteiger partial charge on any atom is -0.506 e. The quantitative estimate of drug-likeness (QED) is 0.780. The molecular weight excluding hydrogens is 381 g/mol. The summed E-state index contributed by atoms with van der Waals surface area (Å²) < 4.78 is 71.3. The van der Waals surface area contributed by atoms with E-state index >= 15 is 0 Å². The number of phenols is 1. The fourth-order valence-corrected chi connectivity index (χ4v) is 3.64. The van der Waals surface area contributed by atoms with Gasteiger partial charge in [0.25, 0.3) is 11.8 Å². The van der Waals surface area contributed by atoms with Crippen LogP contribution in [0.5, 0.6) is 11.8 Å². The largest absolute Gasteiger partial charge is 0.506 e. The molecule has 0 bridgehead atoms. The lowest BCUT2D eigenvalue weighted by molar-refractivity contribution is -0.117. The van der Waals surface area contributed by atoms with Crippen molar-refractivity contribution in [3.05, 3.63) is 18.1 Å². The monoisotopic (exact) mass is 390 g/mol. The van der Waals surface area contributed by atoms with E-state index in [9.17, 15) is 31.5 Å². The van der Waals surface area contributed by atoms with Crippen molar-refractivity contribution in [1.82, 2.24) is 14.7 Å². The van der Waals surface area contributed by atoms with E-state index in [2.05, 4.69) is 9.97 Å². The molecule has 9 nitrogen and oxygen atoms in total. The Bertz CT molecular complexity index is 1060. The number of hydrogen-bond donors (Lipinski definition) is 2. The molecule has 2 fully saturated rings. The molecule has 0 spiro atoms. The number of alkyl halides is 2. The topological polar surface area (TPSA) is 122 Å². The third-order valence-electron chi connectivity index (χ3n) is 3.83. The highest BCUT2D eigenvalue weighted by atomic mass is 32.2. The van der Waals surface area contributed by atoms with Gasteiger partial charge < -0.3 is 9.84 Å². The number of amides is 1. The maximum Gasteiger partial charge on any atom is 0.326 e. The molecule has 2 aliphatic rings. The second-order valence-electron chi connectivity index (χ2n) is 5.76. The number of fused-ring (bicyclic) bond motifs is 1. The molecule has 13 heteroatoms. The molecule has 1 saturated heterocycles. The van der Waals surface area contributed by atoms with Gasteiger partial charge in [0, 0.05) is 11.6 Å². The van der Waals surface area contributed by atoms with E-state index in [1.807, 2.05) is 0 Å². The summed E-state index contributed by atoms with van der Waals surface area (Å²) in [5, 5.41) is 9.97. The molecule has 1 amide bonds. The van der Waals surface area contributed by atoms with Crippen LogP contribution in [0.25, 0.3) is 10.9 Å². The predicted molar refractivity (Wildman–Crippen MR) is 79.5 cm³/mol. The summed E-state index contributed by atoms with van der Waals surface area (Å²) in [6.07, 6.45) is -0.898. The van der Waals surface area contributed by atoms with Gasteiger partial charge in [0.05, 0.1) is 6.42 Å². The van der Waals surface area contributed by atoms with Crippen LogP contribution in [0.15, 0.2) is 12.3 Å². The number of ether oxygens (including phenoxy) is 1. The summed E-state index contributed by atoms with van der Waals surface area (Å²) in [6, 6.07) is 0.468. The summed E-state index contributed by atoms with van der Waals surface area (Å²) in [6.45, 7) is -0.735. The van der Waals surface area contributed by atoms with Gasteiger partial charge in [0.2, 0.25) is 0 Å². The molecule has 1 aromatic carbocycles. The van der Waals surface area contributed by atoms with Crippen LogP contribution in [-0.2, 0) is 15.0 Å². The number of aromatic hydroxyl groups is 1. The third-order valence-corrected chi connectivity index (χ3v) is 5.21. The molecule has 26 heavy (non-hydrogen) atoms. The van der Waals surface area contributed by atoms with Gasteiger partial charge in [-0.2, -0.15) is 13.4 Å². The van der Waals surface area contributed by atoms with Crippen molar-refractivity contribution in [2.45, 2.75) is 18.4 Å². The Labute approximate surface area is 143 Å². The van der Waals surface area contributed by atoms with Crippen molar-refractivity contribution in [2.24, 2.45) is 0 Å². The van der Waals surface area contributed by atoms with Gasteiger partial charge in [0.1, 0.15) is 23.5 Å². The smallest absolute Gasteiger partial charge is 0.326 e. The van der Waals surface area contributed by atoms with Crippen molar-refractivity contribution in [3.8, 4) is 11.8 Å². The lowest BCUT2D eigenvalue weighted by atomic mass is 10.2. The third kappa shape index (κ3) is 2.55. The van der Waals surface area contributed by atoms with Crippen LogP contribution in [0.4, 0.5) is 18.9 Å². The summed E-state index contributed by atoms with van der Waals surface area (Å²) in [7, 11) is -4.38. The number of nitrogens with zero attached hydrogens (tertiary/aromatic N) is 3. The average molecular weight is 390 g/mol. The highest BCUT2D eigenvalue weighted by Crippen LogP contribution is 2.44. The van der Waals surface area contributed by atoms with E-state index < -0.39 is 69.9 Å². The molecule has 1 atom stereocenters. The van der Waals surface area contributed by atoms with Crippen LogP contribution in [0.2, 0.25) is 0 Å². The summed E-state index contributed by atoms with van der Waals surface area (Å²) in [5.41, 5.74) is -1.25. The van der Waals surface area contributed by atoms with E-state index in [1.54, 1.807) is 4.72 Å². The van der Waals surface area contributed by atoms with Gasteiger partial charge in [-0.25, -0.2) is 27.2 Å². The molecule has 0 radical (unpaired) electrons. The number of halogens is 3. The first-order chi connectivity index (χ1) is 12.1. The number of benzene rings is 1. The van der Waals surface area contributed by atoms with Crippen LogP contribution < -0.4 is 13.8 Å². The summed E-state index contributed by atoms with van der Waals surface area (Å²) in [5.74, 6) is -5.95. The van der Waals surface area contributed by atoms with Crippen LogP contribution >= 0.6 is 0 Å². The van der Waals surface area contributed by atoms with Gasteiger partial charge in [-0.3, -0.25) is 4.79 Å². The Morgan fingerprint density at radius 2 is 2.12 bits per heavy atom. The molecule has 2 N–H and O–H groups in total. The molecule has 2 aromatic rings. The van der Waals surface area contributed by atoms with Crippen molar-refractivity contribution in [1.29, 1.82) is 0 Å². The Morgan fingerprint density at radius 3 is 2.69 bits per heavy atom. The fourth-order valence-electron chi connectivity index (χ4n) is 2.48. The normalized spacial score (nSPS) is 23.1. The first-order valence-corrected chi connectivity index (χ1v) is 8.58. The highest BCUT2D eigenvalue weighted by molar-refractivity contribution is 7.92. The Kier molecular flexibility index (Phi) is 3.26. The van der Waals surface area contributed by atoms with Crippen LogP contribution in [-0.4, -0.2) is 48.0 Å². The van der Waals surface area contributed by atoms with E-state index in [1.165, 1.54) is 0 Å². The van der Waals surface area contributed by atoms with Gasteiger partial charge in [-0.15, -0.1) is 0 Å². The number of nitrogens with one attached hydrogen (secondary N) is 1. The van der Waals surface area contributed by atoms with E-state index in [0.29, 0.717) is 4.31 Å².